The molecule has 22 heavy (non-hydrogen) atoms. The van der Waals surface area contributed by atoms with Gasteiger partial charge in [-0.15, -0.1) is 0 Å². The first-order valence-electron chi connectivity index (χ1n) is 7.37. The molecule has 2 fully saturated rings. The largest absolute Gasteiger partial charge is 0.472 e. The summed E-state index contributed by atoms with van der Waals surface area (Å²) in [7, 11) is -3.26. The predicted molar refractivity (Wildman–Crippen MR) is 78.9 cm³/mol. The van der Waals surface area contributed by atoms with Crippen LogP contribution < -0.4 is 0 Å². The van der Waals surface area contributed by atoms with Crippen LogP contribution in [-0.2, 0) is 14.8 Å². The van der Waals surface area contributed by atoms with Crippen LogP contribution in [0.15, 0.2) is 23.0 Å². The number of carbonyl (C=O) groups is 1. The SMILES string of the molecule is CS(=O)(=O)N1CCO[C@@H]2CCN(C(=O)c3ccoc3)CC[C@H]21. The molecule has 2 saturated heterocycles. The standard InChI is InChI=1S/C14H20N2O5S/c1-22(18,19)16-7-9-21-13-3-6-15(5-2-12(13)16)14(17)11-4-8-20-10-11/h4,8,10,12-13H,2-3,5-7,9H2,1H3/t12-,13-/m1/s1. The van der Waals surface area contributed by atoms with E-state index in [0.717, 1.165) is 0 Å². The van der Waals surface area contributed by atoms with Gasteiger partial charge in [0.05, 0.1) is 36.8 Å². The van der Waals surface area contributed by atoms with Crippen molar-refractivity contribution in [2.45, 2.75) is 25.0 Å². The van der Waals surface area contributed by atoms with Gasteiger partial charge in [-0.1, -0.05) is 0 Å². The Bertz CT molecular complexity index is 628. The van der Waals surface area contributed by atoms with Crippen molar-refractivity contribution >= 4 is 15.9 Å². The van der Waals surface area contributed by atoms with Crippen LogP contribution in [0, 0.1) is 0 Å². The van der Waals surface area contributed by atoms with Crippen LogP contribution in [0.1, 0.15) is 23.2 Å². The van der Waals surface area contributed by atoms with Crippen molar-refractivity contribution in [3.05, 3.63) is 24.2 Å². The summed E-state index contributed by atoms with van der Waals surface area (Å²) in [6.07, 6.45) is 5.21. The van der Waals surface area contributed by atoms with E-state index in [-0.39, 0.29) is 18.1 Å². The van der Waals surface area contributed by atoms with Crippen molar-refractivity contribution in [2.75, 3.05) is 32.5 Å². The second-order valence-corrected chi connectivity index (χ2v) is 7.67. The van der Waals surface area contributed by atoms with Gasteiger partial charge in [-0.05, 0) is 18.9 Å². The molecule has 8 heteroatoms. The van der Waals surface area contributed by atoms with Crippen LogP contribution in [0.5, 0.6) is 0 Å². The summed E-state index contributed by atoms with van der Waals surface area (Å²) in [4.78, 5) is 14.1. The first kappa shape index (κ1) is 15.5. The number of sulfonamides is 1. The second-order valence-electron chi connectivity index (χ2n) is 5.73. The van der Waals surface area contributed by atoms with Crippen molar-refractivity contribution in [3.8, 4) is 0 Å². The molecule has 0 unspecified atom stereocenters. The second kappa shape index (κ2) is 6.02. The maximum atomic E-state index is 12.4. The monoisotopic (exact) mass is 328 g/mol. The Balaban J connectivity index is 1.75. The third-order valence-electron chi connectivity index (χ3n) is 4.30. The molecule has 0 radical (unpaired) electrons. The quantitative estimate of drug-likeness (QED) is 0.792. The highest BCUT2D eigenvalue weighted by Crippen LogP contribution is 2.26. The number of rotatable bonds is 2. The maximum Gasteiger partial charge on any atom is 0.257 e. The first-order chi connectivity index (χ1) is 10.5. The van der Waals surface area contributed by atoms with E-state index >= 15 is 0 Å². The maximum absolute atomic E-state index is 12.4. The van der Waals surface area contributed by atoms with Crippen molar-refractivity contribution in [1.29, 1.82) is 0 Å². The summed E-state index contributed by atoms with van der Waals surface area (Å²) >= 11 is 0. The van der Waals surface area contributed by atoms with Crippen molar-refractivity contribution < 1.29 is 22.4 Å². The zero-order chi connectivity index (χ0) is 15.7. The van der Waals surface area contributed by atoms with E-state index in [1.165, 1.54) is 23.1 Å². The number of furan rings is 1. The van der Waals surface area contributed by atoms with Gasteiger partial charge >= 0.3 is 0 Å². The summed E-state index contributed by atoms with van der Waals surface area (Å²) in [5.74, 6) is -0.0849. The van der Waals surface area contributed by atoms with Gasteiger partial charge in [-0.2, -0.15) is 4.31 Å². The molecule has 3 rings (SSSR count). The third-order valence-corrected chi connectivity index (χ3v) is 5.61. The minimum Gasteiger partial charge on any atom is -0.472 e. The molecule has 122 valence electrons. The molecule has 0 aliphatic carbocycles. The first-order valence-corrected chi connectivity index (χ1v) is 9.21. The molecule has 1 aromatic rings. The van der Waals surface area contributed by atoms with E-state index in [2.05, 4.69) is 0 Å². The Morgan fingerprint density at radius 1 is 1.27 bits per heavy atom. The Hall–Kier alpha value is -1.38. The van der Waals surface area contributed by atoms with Crippen LogP contribution in [-0.4, -0.2) is 68.2 Å². The zero-order valence-electron chi connectivity index (χ0n) is 12.5. The molecule has 1 aromatic heterocycles. The summed E-state index contributed by atoms with van der Waals surface area (Å²) in [5.41, 5.74) is 0.519. The minimum absolute atomic E-state index is 0.0849. The molecule has 0 aromatic carbocycles. The van der Waals surface area contributed by atoms with Crippen LogP contribution in [0.3, 0.4) is 0 Å². The fourth-order valence-electron chi connectivity index (χ4n) is 3.23. The number of likely N-dealkylation sites (tertiary alicyclic amines) is 1. The van der Waals surface area contributed by atoms with Gasteiger partial charge in [0.1, 0.15) is 6.26 Å². The Kier molecular flexibility index (Phi) is 4.24. The highest BCUT2D eigenvalue weighted by Gasteiger charge is 2.39. The Labute approximate surface area is 129 Å². The molecule has 2 aliphatic rings. The lowest BCUT2D eigenvalue weighted by Gasteiger charge is -2.38. The van der Waals surface area contributed by atoms with Gasteiger partial charge in [-0.3, -0.25) is 4.79 Å². The average molecular weight is 328 g/mol. The van der Waals surface area contributed by atoms with E-state index in [1.807, 2.05) is 0 Å². The van der Waals surface area contributed by atoms with Crippen LogP contribution in [0.4, 0.5) is 0 Å². The Morgan fingerprint density at radius 3 is 2.73 bits per heavy atom. The average Bonchev–Trinajstić information content (AvgIpc) is 2.92. The molecule has 2 atom stereocenters. The number of fused-ring (bicyclic) bond motifs is 1. The minimum atomic E-state index is -3.26. The summed E-state index contributed by atoms with van der Waals surface area (Å²) in [5, 5.41) is 0. The predicted octanol–water partition coefficient (Wildman–Crippen LogP) is 0.545. The van der Waals surface area contributed by atoms with Gasteiger partial charge < -0.3 is 14.1 Å². The lowest BCUT2D eigenvalue weighted by molar-refractivity contribution is -0.0406. The smallest absolute Gasteiger partial charge is 0.257 e. The lowest BCUT2D eigenvalue weighted by Crippen LogP contribution is -2.53. The van der Waals surface area contributed by atoms with Crippen molar-refractivity contribution in [2.24, 2.45) is 0 Å². The molecule has 1 amide bonds. The summed E-state index contributed by atoms with van der Waals surface area (Å²) < 4.78 is 36.1. The number of morpholine rings is 1. The lowest BCUT2D eigenvalue weighted by atomic mass is 10.0. The molecule has 0 N–H and O–H groups in total. The molecule has 3 heterocycles. The fourth-order valence-corrected chi connectivity index (χ4v) is 4.37. The van der Waals surface area contributed by atoms with Gasteiger partial charge in [0.2, 0.25) is 10.0 Å². The molecule has 0 bridgehead atoms. The molecule has 0 spiro atoms. The third kappa shape index (κ3) is 3.04. The van der Waals surface area contributed by atoms with Crippen molar-refractivity contribution in [3.63, 3.8) is 0 Å². The molecule has 0 saturated carbocycles. The van der Waals surface area contributed by atoms with E-state index in [0.29, 0.717) is 44.6 Å². The molecule has 2 aliphatic heterocycles. The molecular weight excluding hydrogens is 308 g/mol. The number of hydrogen-bond donors (Lipinski definition) is 0. The van der Waals surface area contributed by atoms with Crippen LogP contribution in [0.25, 0.3) is 0 Å². The molecular formula is C14H20N2O5S. The van der Waals surface area contributed by atoms with Crippen LogP contribution >= 0.6 is 0 Å². The number of amides is 1. The Morgan fingerprint density at radius 2 is 2.05 bits per heavy atom. The highest BCUT2D eigenvalue weighted by molar-refractivity contribution is 7.88. The number of ether oxygens (including phenoxy) is 1. The van der Waals surface area contributed by atoms with Crippen molar-refractivity contribution in [1.82, 2.24) is 9.21 Å². The van der Waals surface area contributed by atoms with Gasteiger partial charge in [0, 0.05) is 19.6 Å². The fraction of sp³-hybridized carbons (Fsp3) is 0.643. The normalized spacial score (nSPS) is 27.2. The van der Waals surface area contributed by atoms with E-state index in [4.69, 9.17) is 9.15 Å². The van der Waals surface area contributed by atoms with Gasteiger partial charge in [-0.25, -0.2) is 8.42 Å². The van der Waals surface area contributed by atoms with Gasteiger partial charge in [0.25, 0.3) is 5.91 Å². The number of hydrogen-bond acceptors (Lipinski definition) is 5. The highest BCUT2D eigenvalue weighted by atomic mass is 32.2. The molecule has 7 nitrogen and oxygen atoms in total. The zero-order valence-corrected chi connectivity index (χ0v) is 13.3. The van der Waals surface area contributed by atoms with E-state index in [9.17, 15) is 13.2 Å². The topological polar surface area (TPSA) is 80.1 Å². The number of carbonyl (C=O) groups excluding carboxylic acids is 1. The van der Waals surface area contributed by atoms with E-state index < -0.39 is 10.0 Å². The summed E-state index contributed by atoms with van der Waals surface area (Å²) in [6, 6.07) is 1.45. The van der Waals surface area contributed by atoms with E-state index in [1.54, 1.807) is 11.0 Å². The summed E-state index contributed by atoms with van der Waals surface area (Å²) in [6.45, 7) is 1.86. The van der Waals surface area contributed by atoms with Gasteiger partial charge in [0.15, 0.2) is 0 Å². The number of nitrogens with zero attached hydrogens (tertiary/aromatic N) is 2. The van der Waals surface area contributed by atoms with Crippen LogP contribution in [0.2, 0.25) is 0 Å².